The highest BCUT2D eigenvalue weighted by Gasteiger charge is 2.30. The van der Waals surface area contributed by atoms with Crippen LogP contribution in [0.1, 0.15) is 11.1 Å². The largest absolute Gasteiger partial charge is 0.416 e. The zero-order valence-corrected chi connectivity index (χ0v) is 17.8. The van der Waals surface area contributed by atoms with E-state index in [1.165, 1.54) is 17.6 Å². The maximum absolute atomic E-state index is 12.9. The van der Waals surface area contributed by atoms with Crippen molar-refractivity contribution < 1.29 is 23.4 Å². The van der Waals surface area contributed by atoms with Crippen molar-refractivity contribution in [1.82, 2.24) is 0 Å². The number of rotatable bonds is 4. The summed E-state index contributed by atoms with van der Waals surface area (Å²) in [5.41, 5.74) is 3.48. The number of quaternary nitrogens is 1. The number of nitrogens with two attached hydrogens (primary N) is 1. The van der Waals surface area contributed by atoms with Gasteiger partial charge in [-0.1, -0.05) is 35.4 Å². The number of amides is 2. The van der Waals surface area contributed by atoms with Gasteiger partial charge in [0.25, 0.3) is 5.84 Å². The summed E-state index contributed by atoms with van der Waals surface area (Å²) in [7, 11) is 0. The van der Waals surface area contributed by atoms with Crippen molar-refractivity contribution >= 4 is 39.2 Å². The first kappa shape index (κ1) is 21.7. The summed E-state index contributed by atoms with van der Waals surface area (Å²) in [6.07, 6.45) is -4.41. The zero-order valence-electron chi connectivity index (χ0n) is 16.2. The van der Waals surface area contributed by atoms with Gasteiger partial charge in [-0.05, 0) is 63.5 Å². The van der Waals surface area contributed by atoms with Gasteiger partial charge in [0.15, 0.2) is 0 Å². The van der Waals surface area contributed by atoms with Crippen molar-refractivity contribution in [2.24, 2.45) is 15.5 Å². The molecule has 32 heavy (non-hydrogen) atoms. The van der Waals surface area contributed by atoms with Crippen LogP contribution in [0, 0.1) is 0 Å². The molecule has 4 rings (SSSR count). The van der Waals surface area contributed by atoms with E-state index >= 15 is 0 Å². The van der Waals surface area contributed by atoms with E-state index < -0.39 is 17.8 Å². The van der Waals surface area contributed by atoms with E-state index in [1.807, 2.05) is 6.07 Å². The number of hydrogen-bond donors (Lipinski definition) is 3. The molecule has 162 valence electrons. The van der Waals surface area contributed by atoms with Gasteiger partial charge in [-0.15, -0.1) is 5.43 Å². The molecule has 0 atom stereocenters. The molecule has 0 unspecified atom stereocenters. The molecule has 0 aromatic heterocycles. The third kappa shape index (κ3) is 4.84. The van der Waals surface area contributed by atoms with Crippen LogP contribution >= 0.6 is 15.9 Å². The number of para-hydroxylation sites is 1. The summed E-state index contributed by atoms with van der Waals surface area (Å²) in [5, 5.41) is 16.8. The normalized spacial score (nSPS) is 13.1. The predicted molar refractivity (Wildman–Crippen MR) is 117 cm³/mol. The van der Waals surface area contributed by atoms with Gasteiger partial charge in [0.1, 0.15) is 0 Å². The minimum absolute atomic E-state index is 0.412. The molecular weight excluding hydrogens is 489 g/mol. The molecular formula is C21H15BrF3N6O+. The minimum Gasteiger partial charge on any atom is -0.307 e. The lowest BCUT2D eigenvalue weighted by Crippen LogP contribution is -2.80. The van der Waals surface area contributed by atoms with E-state index in [0.29, 0.717) is 33.9 Å². The van der Waals surface area contributed by atoms with Crippen LogP contribution in [0.15, 0.2) is 86.8 Å². The lowest BCUT2D eigenvalue weighted by atomic mass is 10.00. The Kier molecular flexibility index (Phi) is 6.01. The number of carbonyl (C=O) groups excluding carboxylic acids is 1. The highest BCUT2D eigenvalue weighted by atomic mass is 79.9. The molecule has 4 N–H and O–H groups in total. The average molecular weight is 504 g/mol. The van der Waals surface area contributed by atoms with Crippen molar-refractivity contribution in [3.05, 3.63) is 82.3 Å². The fraction of sp³-hybridized carbons (Fsp3) is 0.0476. The molecule has 0 fully saturated rings. The second-order valence-corrected chi connectivity index (χ2v) is 7.57. The Morgan fingerprint density at radius 2 is 1.59 bits per heavy atom. The van der Waals surface area contributed by atoms with Gasteiger partial charge in [0, 0.05) is 9.70 Å². The molecule has 1 heterocycles. The van der Waals surface area contributed by atoms with Crippen LogP contribution in [0.2, 0.25) is 0 Å². The van der Waals surface area contributed by atoms with Crippen LogP contribution in [0.3, 0.4) is 0 Å². The fourth-order valence-electron chi connectivity index (χ4n) is 3.04. The minimum atomic E-state index is -4.41. The first-order valence-corrected chi connectivity index (χ1v) is 10.1. The molecule has 0 bridgehead atoms. The van der Waals surface area contributed by atoms with Crippen molar-refractivity contribution in [3.63, 3.8) is 0 Å². The highest BCUT2D eigenvalue weighted by Crippen LogP contribution is 2.32. The lowest BCUT2D eigenvalue weighted by molar-refractivity contribution is -0.546. The van der Waals surface area contributed by atoms with E-state index in [9.17, 15) is 18.0 Å². The summed E-state index contributed by atoms with van der Waals surface area (Å²) in [5.74, 6) is 0.412. The van der Waals surface area contributed by atoms with Crippen LogP contribution in [0.5, 0.6) is 0 Å². The fourth-order valence-corrected chi connectivity index (χ4v) is 3.42. The van der Waals surface area contributed by atoms with Gasteiger partial charge >= 0.3 is 12.2 Å². The van der Waals surface area contributed by atoms with Gasteiger partial charge in [-0.25, -0.2) is 4.79 Å². The topological polar surface area (TPSA) is 94.8 Å². The number of amidine groups is 1. The Balaban J connectivity index is 1.62. The summed E-state index contributed by atoms with van der Waals surface area (Å²) in [4.78, 5) is 12.5. The molecule has 1 aliphatic rings. The van der Waals surface area contributed by atoms with Crippen LogP contribution < -0.4 is 16.1 Å². The second kappa shape index (κ2) is 8.89. The standard InChI is InChI=1S/C21H14BrF3N6O/c22-16-3-1-2-4-18(16)27-20(32)26-17-10-7-13(11-15(17)19-28-30-31-29-19)12-5-8-14(9-6-12)21(23,24)25/h1-11H,(H2,26,27,32)(H,28,29,30,31)/p+1. The van der Waals surface area contributed by atoms with E-state index in [0.717, 1.165) is 16.6 Å². The number of urea groups is 1. The molecule has 3 aromatic carbocycles. The van der Waals surface area contributed by atoms with Crippen LogP contribution in [0.4, 0.5) is 29.3 Å². The molecule has 0 saturated carbocycles. The van der Waals surface area contributed by atoms with Gasteiger partial charge in [-0.2, -0.15) is 13.2 Å². The summed E-state index contributed by atoms with van der Waals surface area (Å²) >= 11 is 3.37. The third-order valence-corrected chi connectivity index (χ3v) is 5.29. The number of hydrogen-bond acceptors (Lipinski definition) is 4. The summed E-state index contributed by atoms with van der Waals surface area (Å²) in [6, 6.07) is 16.6. The van der Waals surface area contributed by atoms with Crippen molar-refractivity contribution in [2.75, 3.05) is 10.6 Å². The molecule has 2 amide bonds. The number of nitrogens with one attached hydrogen (secondary N) is 2. The van der Waals surface area contributed by atoms with Crippen LogP contribution in [-0.2, 0) is 6.18 Å². The second-order valence-electron chi connectivity index (χ2n) is 6.71. The molecule has 1 aliphatic heterocycles. The number of alkyl halides is 3. The quantitative estimate of drug-likeness (QED) is 0.409. The molecule has 0 spiro atoms. The summed E-state index contributed by atoms with van der Waals surface area (Å²) < 4.78 is 39.3. The highest BCUT2D eigenvalue weighted by molar-refractivity contribution is 9.10. The molecule has 0 aliphatic carbocycles. The Morgan fingerprint density at radius 1 is 0.906 bits per heavy atom. The Labute approximate surface area is 188 Å². The maximum Gasteiger partial charge on any atom is 0.416 e. The van der Waals surface area contributed by atoms with Crippen molar-refractivity contribution in [3.8, 4) is 11.1 Å². The number of nitrogens with zero attached hydrogens (tertiary/aromatic N) is 3. The lowest BCUT2D eigenvalue weighted by Gasteiger charge is -2.13. The molecule has 0 saturated heterocycles. The number of benzene rings is 3. The maximum atomic E-state index is 12.9. The summed E-state index contributed by atoms with van der Waals surface area (Å²) in [6.45, 7) is 0. The van der Waals surface area contributed by atoms with Gasteiger partial charge in [0.2, 0.25) is 0 Å². The Bertz CT molecular complexity index is 1220. The first-order chi connectivity index (χ1) is 15.3. The molecule has 7 nitrogen and oxygen atoms in total. The predicted octanol–water partition coefficient (Wildman–Crippen LogP) is 5.38. The van der Waals surface area contributed by atoms with E-state index in [1.54, 1.807) is 36.4 Å². The zero-order chi connectivity index (χ0) is 22.7. The van der Waals surface area contributed by atoms with E-state index in [4.69, 9.17) is 0 Å². The monoisotopic (exact) mass is 503 g/mol. The van der Waals surface area contributed by atoms with E-state index in [2.05, 4.69) is 42.1 Å². The Hall–Kier alpha value is -3.57. The Morgan fingerprint density at radius 3 is 2.25 bits per heavy atom. The SMILES string of the molecule is O=C(Nc1ccccc1Br)Nc1ccc(-c2ccc(C(F)(F)F)cc2)cc1C1=NN=N[NH2+]1. The number of anilines is 2. The van der Waals surface area contributed by atoms with Gasteiger partial charge in [-0.3, -0.25) is 0 Å². The van der Waals surface area contributed by atoms with Crippen LogP contribution in [-0.4, -0.2) is 11.9 Å². The average Bonchev–Trinajstić information content (AvgIpc) is 3.30. The van der Waals surface area contributed by atoms with Crippen LogP contribution in [0.25, 0.3) is 11.1 Å². The third-order valence-electron chi connectivity index (χ3n) is 4.60. The van der Waals surface area contributed by atoms with Gasteiger partial charge in [0.05, 0.1) is 27.7 Å². The van der Waals surface area contributed by atoms with Crippen molar-refractivity contribution in [2.45, 2.75) is 6.18 Å². The molecule has 11 heteroatoms. The molecule has 3 aromatic rings. The number of halogens is 4. The van der Waals surface area contributed by atoms with E-state index in [-0.39, 0.29) is 0 Å². The first-order valence-electron chi connectivity index (χ1n) is 9.27. The number of carbonyl (C=O) groups is 1. The van der Waals surface area contributed by atoms with Gasteiger partial charge < -0.3 is 10.6 Å². The van der Waals surface area contributed by atoms with Crippen molar-refractivity contribution in [1.29, 1.82) is 0 Å². The smallest absolute Gasteiger partial charge is 0.307 e. The molecule has 0 radical (unpaired) electrons.